The highest BCUT2D eigenvalue weighted by atomic mass is 19.4. The Morgan fingerprint density at radius 2 is 2.00 bits per heavy atom. The minimum atomic E-state index is -4.49. The van der Waals surface area contributed by atoms with Crippen LogP contribution in [0, 0.1) is 0 Å². The second-order valence-corrected chi connectivity index (χ2v) is 5.82. The molecule has 3 heterocycles. The Kier molecular flexibility index (Phi) is 3.52. The molecule has 4 nitrogen and oxygen atoms in total. The molecule has 25 heavy (non-hydrogen) atoms. The quantitative estimate of drug-likeness (QED) is 0.674. The summed E-state index contributed by atoms with van der Waals surface area (Å²) in [4.78, 5) is 17.2. The predicted molar refractivity (Wildman–Crippen MR) is 86.2 cm³/mol. The molecule has 1 aromatic carbocycles. The van der Waals surface area contributed by atoms with Gasteiger partial charge >= 0.3 is 6.18 Å². The van der Waals surface area contributed by atoms with E-state index in [9.17, 15) is 18.0 Å². The van der Waals surface area contributed by atoms with Gasteiger partial charge in [-0.15, -0.1) is 0 Å². The molecule has 4 rings (SSSR count). The van der Waals surface area contributed by atoms with Crippen LogP contribution in [0.5, 0.6) is 5.75 Å². The zero-order valence-electron chi connectivity index (χ0n) is 13.0. The lowest BCUT2D eigenvalue weighted by Gasteiger charge is -2.21. The molecule has 0 spiro atoms. The molecule has 0 atom stereocenters. The van der Waals surface area contributed by atoms with E-state index >= 15 is 0 Å². The van der Waals surface area contributed by atoms with Crippen LogP contribution in [0.15, 0.2) is 47.4 Å². The van der Waals surface area contributed by atoms with Gasteiger partial charge in [0.1, 0.15) is 5.75 Å². The lowest BCUT2D eigenvalue weighted by atomic mass is 10.1. The zero-order valence-corrected chi connectivity index (χ0v) is 13.0. The minimum Gasteiger partial charge on any atom is -0.492 e. The molecule has 0 radical (unpaired) electrons. The first kappa shape index (κ1) is 15.7. The van der Waals surface area contributed by atoms with E-state index in [-0.39, 0.29) is 16.9 Å². The maximum Gasteiger partial charge on any atom is 0.416 e. The molecular formula is C18H13F3N2O2. The van der Waals surface area contributed by atoms with Crippen LogP contribution in [-0.4, -0.2) is 16.2 Å². The fourth-order valence-electron chi connectivity index (χ4n) is 3.11. The van der Waals surface area contributed by atoms with Crippen LogP contribution in [0.25, 0.3) is 16.7 Å². The van der Waals surface area contributed by atoms with Crippen molar-refractivity contribution in [1.29, 1.82) is 0 Å². The molecule has 2 aromatic heterocycles. The molecule has 0 N–H and O–H groups in total. The fraction of sp³-hybridized carbons (Fsp3) is 0.222. The molecule has 1 aliphatic rings. The number of ether oxygens (including phenoxy) is 1. The molecule has 3 aromatic rings. The molecular weight excluding hydrogens is 333 g/mol. The predicted octanol–water partition coefficient (Wildman–Crippen LogP) is 3.73. The standard InChI is InChI=1S/C18H13F3N2O2/c19-18(20,21)11-4-1-5-12(10-11)23-16-13(6-2-8-22-16)15-14(17(23)24)7-3-9-25-15/h1-2,4-6,8,10H,3,7,9H2. The summed E-state index contributed by atoms with van der Waals surface area (Å²) in [6, 6.07) is 8.17. The molecule has 128 valence electrons. The van der Waals surface area contributed by atoms with E-state index in [0.717, 1.165) is 12.1 Å². The van der Waals surface area contributed by atoms with Gasteiger partial charge in [-0.2, -0.15) is 13.2 Å². The molecule has 1 aliphatic heterocycles. The second-order valence-electron chi connectivity index (χ2n) is 5.82. The van der Waals surface area contributed by atoms with E-state index in [2.05, 4.69) is 4.98 Å². The van der Waals surface area contributed by atoms with Crippen molar-refractivity contribution >= 4 is 11.0 Å². The van der Waals surface area contributed by atoms with Crippen LogP contribution in [-0.2, 0) is 12.6 Å². The van der Waals surface area contributed by atoms with Crippen molar-refractivity contribution in [3.8, 4) is 11.4 Å². The summed E-state index contributed by atoms with van der Waals surface area (Å²) in [5.41, 5.74) is -0.302. The lowest BCUT2D eigenvalue weighted by Crippen LogP contribution is -2.27. The first-order valence-electron chi connectivity index (χ1n) is 7.80. The van der Waals surface area contributed by atoms with Crippen molar-refractivity contribution in [3.63, 3.8) is 0 Å². The summed E-state index contributed by atoms with van der Waals surface area (Å²) in [5.74, 6) is 0.488. The summed E-state index contributed by atoms with van der Waals surface area (Å²) in [7, 11) is 0. The number of halogens is 3. The Bertz CT molecular complexity index is 1020. The van der Waals surface area contributed by atoms with Crippen LogP contribution in [0.4, 0.5) is 13.2 Å². The topological polar surface area (TPSA) is 44.1 Å². The number of pyridine rings is 2. The van der Waals surface area contributed by atoms with E-state index in [1.807, 2.05) is 0 Å². The maximum absolute atomic E-state index is 13.0. The molecule has 0 unspecified atom stereocenters. The van der Waals surface area contributed by atoms with Crippen molar-refractivity contribution in [3.05, 3.63) is 64.1 Å². The average molecular weight is 346 g/mol. The van der Waals surface area contributed by atoms with Crippen molar-refractivity contribution in [2.75, 3.05) is 6.61 Å². The van der Waals surface area contributed by atoms with Crippen molar-refractivity contribution in [1.82, 2.24) is 9.55 Å². The molecule has 0 fully saturated rings. The van der Waals surface area contributed by atoms with Gasteiger partial charge in [-0.25, -0.2) is 4.98 Å². The van der Waals surface area contributed by atoms with Gasteiger partial charge in [0.25, 0.3) is 5.56 Å². The smallest absolute Gasteiger partial charge is 0.416 e. The molecule has 7 heteroatoms. The molecule has 0 amide bonds. The van der Waals surface area contributed by atoms with Crippen molar-refractivity contribution < 1.29 is 17.9 Å². The molecule has 0 saturated heterocycles. The second kappa shape index (κ2) is 5.61. The van der Waals surface area contributed by atoms with Crippen LogP contribution < -0.4 is 10.3 Å². The SMILES string of the molecule is O=c1c2c(c3cccnc3n1-c1cccc(C(F)(F)F)c1)OCCC2. The highest BCUT2D eigenvalue weighted by Crippen LogP contribution is 2.33. The summed E-state index contributed by atoms with van der Waals surface area (Å²) in [6.07, 6.45) is -1.77. The lowest BCUT2D eigenvalue weighted by molar-refractivity contribution is -0.137. The van der Waals surface area contributed by atoms with Gasteiger partial charge in [-0.1, -0.05) is 6.07 Å². The van der Waals surface area contributed by atoms with Gasteiger partial charge in [0.2, 0.25) is 0 Å². The number of rotatable bonds is 1. The highest BCUT2D eigenvalue weighted by Gasteiger charge is 2.31. The van der Waals surface area contributed by atoms with Gasteiger partial charge in [-0.05, 0) is 43.2 Å². The Morgan fingerprint density at radius 1 is 1.16 bits per heavy atom. The maximum atomic E-state index is 13.0. The number of nitrogens with zero attached hydrogens (tertiary/aromatic N) is 2. The van der Waals surface area contributed by atoms with Gasteiger partial charge in [0.05, 0.1) is 28.8 Å². The Balaban J connectivity index is 2.06. The molecule has 0 aliphatic carbocycles. The van der Waals surface area contributed by atoms with Gasteiger partial charge < -0.3 is 4.74 Å². The summed E-state index contributed by atoms with van der Waals surface area (Å²) in [5, 5.41) is 0.620. The number of benzene rings is 1. The van der Waals surface area contributed by atoms with Crippen LogP contribution in [0.1, 0.15) is 17.5 Å². The number of fused-ring (bicyclic) bond motifs is 3. The monoisotopic (exact) mass is 346 g/mol. The van der Waals surface area contributed by atoms with Gasteiger partial charge in [-0.3, -0.25) is 9.36 Å². The van der Waals surface area contributed by atoms with Crippen molar-refractivity contribution in [2.24, 2.45) is 0 Å². The minimum absolute atomic E-state index is 0.136. The Labute approximate surface area is 140 Å². The third kappa shape index (κ3) is 2.56. The summed E-state index contributed by atoms with van der Waals surface area (Å²) >= 11 is 0. The van der Waals surface area contributed by atoms with Crippen LogP contribution >= 0.6 is 0 Å². The van der Waals surface area contributed by atoms with Gasteiger partial charge in [0.15, 0.2) is 5.65 Å². The largest absolute Gasteiger partial charge is 0.492 e. The Hall–Kier alpha value is -2.83. The summed E-state index contributed by atoms with van der Waals surface area (Å²) in [6.45, 7) is 0.504. The van der Waals surface area contributed by atoms with Crippen LogP contribution in [0.2, 0.25) is 0 Å². The number of hydrogen-bond acceptors (Lipinski definition) is 3. The number of alkyl halides is 3. The third-order valence-electron chi connectivity index (χ3n) is 4.23. The van der Waals surface area contributed by atoms with Crippen molar-refractivity contribution in [2.45, 2.75) is 19.0 Å². The molecule has 0 saturated carbocycles. The van der Waals surface area contributed by atoms with E-state index < -0.39 is 11.7 Å². The third-order valence-corrected chi connectivity index (χ3v) is 4.23. The van der Waals surface area contributed by atoms with E-state index in [4.69, 9.17) is 4.74 Å². The number of aromatic nitrogens is 2. The summed E-state index contributed by atoms with van der Waals surface area (Å²) < 4.78 is 46.0. The van der Waals surface area contributed by atoms with E-state index in [1.165, 1.54) is 22.9 Å². The normalized spacial score (nSPS) is 14.2. The first-order valence-corrected chi connectivity index (χ1v) is 7.80. The number of hydrogen-bond donors (Lipinski definition) is 0. The van der Waals surface area contributed by atoms with Crippen LogP contribution in [0.3, 0.4) is 0 Å². The first-order chi connectivity index (χ1) is 12.0. The van der Waals surface area contributed by atoms with Gasteiger partial charge in [0, 0.05) is 6.20 Å². The zero-order chi connectivity index (χ0) is 17.6. The Morgan fingerprint density at radius 3 is 2.80 bits per heavy atom. The molecule has 0 bridgehead atoms. The fourth-order valence-corrected chi connectivity index (χ4v) is 3.11. The van der Waals surface area contributed by atoms with E-state index in [1.54, 1.807) is 12.1 Å². The highest BCUT2D eigenvalue weighted by molar-refractivity contribution is 5.85. The average Bonchev–Trinajstić information content (AvgIpc) is 2.62. The van der Waals surface area contributed by atoms with E-state index in [0.29, 0.717) is 36.1 Å².